The lowest BCUT2D eigenvalue weighted by Crippen LogP contribution is -2.36. The Labute approximate surface area is 156 Å². The molecule has 0 fully saturated rings. The van der Waals surface area contributed by atoms with Crippen molar-refractivity contribution in [2.75, 3.05) is 32.6 Å². The molecule has 0 atom stereocenters. The van der Waals surface area contributed by atoms with E-state index >= 15 is 0 Å². The van der Waals surface area contributed by atoms with E-state index in [4.69, 9.17) is 4.74 Å². The highest BCUT2D eigenvalue weighted by Gasteiger charge is 2.05. The molecule has 6 nitrogen and oxygen atoms in total. The van der Waals surface area contributed by atoms with E-state index in [2.05, 4.69) is 52.7 Å². The van der Waals surface area contributed by atoms with E-state index in [-0.39, 0.29) is 0 Å². The molecule has 0 saturated carbocycles. The van der Waals surface area contributed by atoms with Crippen molar-refractivity contribution in [3.8, 4) is 5.75 Å². The van der Waals surface area contributed by atoms with Crippen LogP contribution in [0.25, 0.3) is 0 Å². The maximum absolute atomic E-state index is 5.47. The van der Waals surface area contributed by atoms with Crippen LogP contribution in [-0.2, 0) is 13.1 Å². The van der Waals surface area contributed by atoms with Crippen LogP contribution in [-0.4, -0.2) is 38.7 Å². The molecular weight excluding hydrogens is 326 g/mol. The van der Waals surface area contributed by atoms with Gasteiger partial charge in [0.2, 0.25) is 0 Å². The lowest BCUT2D eigenvalue weighted by Gasteiger charge is -2.14. The van der Waals surface area contributed by atoms with Gasteiger partial charge in [0, 0.05) is 38.9 Å². The lowest BCUT2D eigenvalue weighted by atomic mass is 10.1. The van der Waals surface area contributed by atoms with Crippen LogP contribution in [0, 0.1) is 6.92 Å². The van der Waals surface area contributed by atoms with Crippen molar-refractivity contribution in [2.45, 2.75) is 26.9 Å². The normalized spacial score (nSPS) is 11.2. The zero-order valence-electron chi connectivity index (χ0n) is 16.3. The number of methoxy groups -OCH3 is 1. The standard InChI is InChI=1S/C20H29N5O/c1-6-21-20(23-13-16-9-10-22-19(12-16)25(3)4)24-14-17-8-7-15(2)11-18(17)26-5/h7-12H,6,13-14H2,1-5H3,(H2,21,23,24). The van der Waals surface area contributed by atoms with Gasteiger partial charge in [-0.3, -0.25) is 0 Å². The molecule has 0 spiro atoms. The van der Waals surface area contributed by atoms with Gasteiger partial charge in [-0.05, 0) is 43.2 Å². The third-order valence-electron chi connectivity index (χ3n) is 3.92. The Hall–Kier alpha value is -2.76. The van der Waals surface area contributed by atoms with Crippen LogP contribution in [0.3, 0.4) is 0 Å². The Kier molecular flexibility index (Phi) is 7.26. The molecule has 6 heteroatoms. The first-order chi connectivity index (χ1) is 12.5. The Balaban J connectivity index is 2.06. The Bertz CT molecular complexity index is 743. The van der Waals surface area contributed by atoms with Crippen molar-refractivity contribution in [1.82, 2.24) is 15.6 Å². The predicted molar refractivity (Wildman–Crippen MR) is 108 cm³/mol. The Morgan fingerprint density at radius 1 is 1.19 bits per heavy atom. The molecule has 2 rings (SSSR count). The molecule has 0 amide bonds. The van der Waals surface area contributed by atoms with Crippen molar-refractivity contribution in [3.05, 3.63) is 53.2 Å². The summed E-state index contributed by atoms with van der Waals surface area (Å²) in [5.41, 5.74) is 3.40. The fourth-order valence-electron chi connectivity index (χ4n) is 2.49. The van der Waals surface area contributed by atoms with Crippen LogP contribution in [0.15, 0.2) is 41.5 Å². The number of anilines is 1. The molecule has 0 aliphatic heterocycles. The second kappa shape index (κ2) is 9.65. The summed E-state index contributed by atoms with van der Waals surface area (Å²) >= 11 is 0. The first-order valence-electron chi connectivity index (χ1n) is 8.81. The highest BCUT2D eigenvalue weighted by molar-refractivity contribution is 5.79. The highest BCUT2D eigenvalue weighted by Crippen LogP contribution is 2.19. The van der Waals surface area contributed by atoms with E-state index in [9.17, 15) is 0 Å². The summed E-state index contributed by atoms with van der Waals surface area (Å²) in [6, 6.07) is 10.3. The van der Waals surface area contributed by atoms with Crippen molar-refractivity contribution >= 4 is 11.8 Å². The number of nitrogens with one attached hydrogen (secondary N) is 2. The molecule has 0 bridgehead atoms. The topological polar surface area (TPSA) is 61.8 Å². The van der Waals surface area contributed by atoms with Crippen molar-refractivity contribution in [3.63, 3.8) is 0 Å². The number of hydrogen-bond donors (Lipinski definition) is 2. The van der Waals surface area contributed by atoms with Gasteiger partial charge in [0.15, 0.2) is 5.96 Å². The quantitative estimate of drug-likeness (QED) is 0.591. The first kappa shape index (κ1) is 19.6. The fraction of sp³-hybridized carbons (Fsp3) is 0.400. The molecule has 26 heavy (non-hydrogen) atoms. The summed E-state index contributed by atoms with van der Waals surface area (Å²) < 4.78 is 5.47. The molecule has 140 valence electrons. The minimum Gasteiger partial charge on any atom is -0.496 e. The van der Waals surface area contributed by atoms with Gasteiger partial charge in [0.25, 0.3) is 0 Å². The zero-order valence-corrected chi connectivity index (χ0v) is 16.3. The number of nitrogens with zero attached hydrogens (tertiary/aromatic N) is 3. The monoisotopic (exact) mass is 355 g/mol. The molecule has 0 unspecified atom stereocenters. The Morgan fingerprint density at radius 2 is 2.00 bits per heavy atom. The SMILES string of the molecule is CCNC(=NCc1ccnc(N(C)C)c1)NCc1ccc(C)cc1OC. The number of aryl methyl sites for hydroxylation is 1. The van der Waals surface area contributed by atoms with Crippen LogP contribution >= 0.6 is 0 Å². The summed E-state index contributed by atoms with van der Waals surface area (Å²) in [5, 5.41) is 6.65. The van der Waals surface area contributed by atoms with Crippen LogP contribution < -0.4 is 20.3 Å². The molecule has 1 aromatic heterocycles. The maximum Gasteiger partial charge on any atom is 0.191 e. The van der Waals surface area contributed by atoms with Gasteiger partial charge in [-0.1, -0.05) is 12.1 Å². The van der Waals surface area contributed by atoms with E-state index in [1.165, 1.54) is 5.56 Å². The zero-order chi connectivity index (χ0) is 18.9. The largest absolute Gasteiger partial charge is 0.496 e. The summed E-state index contributed by atoms with van der Waals surface area (Å²) in [6.45, 7) is 6.15. The minimum absolute atomic E-state index is 0.587. The van der Waals surface area contributed by atoms with Gasteiger partial charge in [-0.2, -0.15) is 0 Å². The van der Waals surface area contributed by atoms with E-state index in [1.807, 2.05) is 37.3 Å². The number of hydrogen-bond acceptors (Lipinski definition) is 4. The van der Waals surface area contributed by atoms with Gasteiger partial charge in [0.05, 0.1) is 13.7 Å². The number of pyridine rings is 1. The van der Waals surface area contributed by atoms with Crippen molar-refractivity contribution in [2.24, 2.45) is 4.99 Å². The summed E-state index contributed by atoms with van der Waals surface area (Å²) in [6.07, 6.45) is 1.82. The highest BCUT2D eigenvalue weighted by atomic mass is 16.5. The van der Waals surface area contributed by atoms with E-state index < -0.39 is 0 Å². The molecule has 0 saturated heterocycles. The minimum atomic E-state index is 0.587. The molecule has 2 N–H and O–H groups in total. The van der Waals surface area contributed by atoms with Gasteiger partial charge < -0.3 is 20.3 Å². The molecule has 0 radical (unpaired) electrons. The van der Waals surface area contributed by atoms with Crippen LogP contribution in [0.2, 0.25) is 0 Å². The van der Waals surface area contributed by atoms with Crippen LogP contribution in [0.4, 0.5) is 5.82 Å². The van der Waals surface area contributed by atoms with Gasteiger partial charge in [-0.25, -0.2) is 9.98 Å². The second-order valence-electron chi connectivity index (χ2n) is 6.28. The van der Waals surface area contributed by atoms with E-state index in [1.54, 1.807) is 7.11 Å². The molecule has 1 heterocycles. The van der Waals surface area contributed by atoms with Gasteiger partial charge >= 0.3 is 0 Å². The first-order valence-corrected chi connectivity index (χ1v) is 8.81. The molecule has 0 aliphatic rings. The molecule has 1 aromatic carbocycles. The van der Waals surface area contributed by atoms with Crippen molar-refractivity contribution in [1.29, 1.82) is 0 Å². The summed E-state index contributed by atoms with van der Waals surface area (Å²) in [4.78, 5) is 11.0. The molecular formula is C20H29N5O. The van der Waals surface area contributed by atoms with Gasteiger partial charge in [-0.15, -0.1) is 0 Å². The molecule has 2 aromatic rings. The number of benzene rings is 1. The van der Waals surface area contributed by atoms with Crippen LogP contribution in [0.5, 0.6) is 5.75 Å². The Morgan fingerprint density at radius 3 is 2.69 bits per heavy atom. The van der Waals surface area contributed by atoms with Crippen molar-refractivity contribution < 1.29 is 4.74 Å². The second-order valence-corrected chi connectivity index (χ2v) is 6.28. The number of ether oxygens (including phenoxy) is 1. The predicted octanol–water partition coefficient (Wildman–Crippen LogP) is 2.72. The number of aromatic nitrogens is 1. The third kappa shape index (κ3) is 5.65. The number of aliphatic imine (C=N–C) groups is 1. The third-order valence-corrected chi connectivity index (χ3v) is 3.92. The van der Waals surface area contributed by atoms with Gasteiger partial charge in [0.1, 0.15) is 11.6 Å². The smallest absolute Gasteiger partial charge is 0.191 e. The summed E-state index contributed by atoms with van der Waals surface area (Å²) in [5.74, 6) is 2.59. The molecule has 0 aliphatic carbocycles. The number of guanidine groups is 1. The fourth-order valence-corrected chi connectivity index (χ4v) is 2.49. The van der Waals surface area contributed by atoms with E-state index in [0.29, 0.717) is 13.1 Å². The maximum atomic E-state index is 5.47. The summed E-state index contributed by atoms with van der Waals surface area (Å²) in [7, 11) is 5.66. The average Bonchev–Trinajstić information content (AvgIpc) is 2.64. The van der Waals surface area contributed by atoms with E-state index in [0.717, 1.165) is 35.2 Å². The average molecular weight is 355 g/mol. The number of rotatable bonds is 7. The van der Waals surface area contributed by atoms with Crippen LogP contribution in [0.1, 0.15) is 23.6 Å². The lowest BCUT2D eigenvalue weighted by molar-refractivity contribution is 0.408.